The number of hydrogen-bond acceptors (Lipinski definition) is 6. The van der Waals surface area contributed by atoms with Crippen LogP contribution in [0, 0.1) is 6.92 Å². The van der Waals surface area contributed by atoms with Gasteiger partial charge in [-0.1, -0.05) is 0 Å². The molecule has 7 heteroatoms. The molecule has 0 radical (unpaired) electrons. The maximum atomic E-state index is 5.59. The topological polar surface area (TPSA) is 56.1 Å². The summed E-state index contributed by atoms with van der Waals surface area (Å²) in [6, 6.07) is 0.156. The molecule has 2 aromatic rings. The lowest BCUT2D eigenvalue weighted by atomic mass is 10.2. The van der Waals surface area contributed by atoms with Crippen LogP contribution in [0.2, 0.25) is 0 Å². The van der Waals surface area contributed by atoms with Gasteiger partial charge in [0.1, 0.15) is 12.2 Å². The average molecular weight is 279 g/mol. The molecule has 3 heterocycles. The first-order chi connectivity index (χ1) is 9.24. The van der Waals surface area contributed by atoms with Crippen LogP contribution in [0.5, 0.6) is 0 Å². The molecular formula is C12H17N5OS. The fourth-order valence-electron chi connectivity index (χ4n) is 2.36. The lowest BCUT2D eigenvalue weighted by Gasteiger charge is -2.34. The minimum Gasteiger partial charge on any atom is -0.378 e. The van der Waals surface area contributed by atoms with E-state index in [4.69, 9.17) is 4.74 Å². The Kier molecular flexibility index (Phi) is 3.58. The Labute approximate surface area is 116 Å². The van der Waals surface area contributed by atoms with E-state index in [0.717, 1.165) is 36.2 Å². The van der Waals surface area contributed by atoms with E-state index in [0.29, 0.717) is 6.61 Å². The van der Waals surface area contributed by atoms with Crippen LogP contribution in [0.15, 0.2) is 11.7 Å². The third-order valence-electron chi connectivity index (χ3n) is 3.32. The first kappa shape index (κ1) is 12.7. The molecular weight excluding hydrogens is 262 g/mol. The molecule has 1 saturated heterocycles. The lowest BCUT2D eigenvalue weighted by molar-refractivity contribution is -0.0176. The maximum absolute atomic E-state index is 5.59. The fraction of sp³-hybridized carbons (Fsp3) is 0.583. The third kappa shape index (κ3) is 2.68. The van der Waals surface area contributed by atoms with Gasteiger partial charge >= 0.3 is 0 Å². The Hall–Kier alpha value is -1.31. The minimum absolute atomic E-state index is 0.156. The highest BCUT2D eigenvalue weighted by molar-refractivity contribution is 7.09. The second-order valence-corrected chi connectivity index (χ2v) is 5.72. The van der Waals surface area contributed by atoms with Crippen LogP contribution < -0.4 is 0 Å². The summed E-state index contributed by atoms with van der Waals surface area (Å²) in [4.78, 5) is 11.2. The van der Waals surface area contributed by atoms with Crippen molar-refractivity contribution in [2.45, 2.75) is 19.5 Å². The van der Waals surface area contributed by atoms with Gasteiger partial charge in [0.05, 0.1) is 30.0 Å². The number of thiazole rings is 1. The normalized spacial score (nSPS) is 20.8. The zero-order chi connectivity index (χ0) is 13.2. The zero-order valence-corrected chi connectivity index (χ0v) is 11.9. The second-order valence-electron chi connectivity index (χ2n) is 4.66. The average Bonchev–Trinajstić information content (AvgIpc) is 2.99. The summed E-state index contributed by atoms with van der Waals surface area (Å²) in [7, 11) is 1.92. The van der Waals surface area contributed by atoms with Crippen molar-refractivity contribution in [3.8, 4) is 0 Å². The molecule has 1 unspecified atom stereocenters. The Morgan fingerprint density at radius 2 is 2.42 bits per heavy atom. The number of aromatic nitrogens is 4. The number of morpholine rings is 1. The van der Waals surface area contributed by atoms with Gasteiger partial charge in [-0.05, 0) is 6.92 Å². The molecule has 2 aromatic heterocycles. The van der Waals surface area contributed by atoms with E-state index < -0.39 is 0 Å². The number of nitrogens with zero attached hydrogens (tertiary/aromatic N) is 5. The highest BCUT2D eigenvalue weighted by atomic mass is 32.1. The molecule has 3 rings (SSSR count). The minimum atomic E-state index is 0.156. The summed E-state index contributed by atoms with van der Waals surface area (Å²) in [6.07, 6.45) is 1.59. The maximum Gasteiger partial charge on any atom is 0.146 e. The number of ether oxygens (including phenoxy) is 1. The van der Waals surface area contributed by atoms with Gasteiger partial charge in [-0.15, -0.1) is 11.3 Å². The SMILES string of the molecule is Cc1nc(CN2CCOCC2c2ncnn2C)cs1. The van der Waals surface area contributed by atoms with E-state index in [1.807, 2.05) is 18.7 Å². The van der Waals surface area contributed by atoms with E-state index in [9.17, 15) is 0 Å². The summed E-state index contributed by atoms with van der Waals surface area (Å²) >= 11 is 1.69. The molecule has 1 atom stereocenters. The van der Waals surface area contributed by atoms with Gasteiger partial charge < -0.3 is 4.74 Å². The van der Waals surface area contributed by atoms with E-state index >= 15 is 0 Å². The highest BCUT2D eigenvalue weighted by Crippen LogP contribution is 2.24. The fourth-order valence-corrected chi connectivity index (χ4v) is 2.96. The number of aryl methyl sites for hydroxylation is 2. The molecule has 19 heavy (non-hydrogen) atoms. The third-order valence-corrected chi connectivity index (χ3v) is 4.14. The molecule has 102 valence electrons. The van der Waals surface area contributed by atoms with Gasteiger partial charge in [-0.3, -0.25) is 9.58 Å². The van der Waals surface area contributed by atoms with Crippen LogP contribution in [0.3, 0.4) is 0 Å². The smallest absolute Gasteiger partial charge is 0.146 e. The van der Waals surface area contributed by atoms with Crippen molar-refractivity contribution < 1.29 is 4.74 Å². The summed E-state index contributed by atoms with van der Waals surface area (Å²) in [5, 5.41) is 7.38. The van der Waals surface area contributed by atoms with Crippen molar-refractivity contribution in [2.75, 3.05) is 19.8 Å². The van der Waals surface area contributed by atoms with Crippen LogP contribution in [0.4, 0.5) is 0 Å². The van der Waals surface area contributed by atoms with Gasteiger partial charge in [0.2, 0.25) is 0 Å². The van der Waals surface area contributed by atoms with E-state index in [1.54, 1.807) is 17.7 Å². The van der Waals surface area contributed by atoms with Crippen LogP contribution in [-0.4, -0.2) is 44.4 Å². The summed E-state index contributed by atoms with van der Waals surface area (Å²) in [5.74, 6) is 0.951. The summed E-state index contributed by atoms with van der Waals surface area (Å²) < 4.78 is 7.41. The van der Waals surface area contributed by atoms with Crippen LogP contribution in [0.25, 0.3) is 0 Å². The molecule has 1 fully saturated rings. The van der Waals surface area contributed by atoms with Crippen molar-refractivity contribution in [1.82, 2.24) is 24.6 Å². The Morgan fingerprint density at radius 1 is 1.53 bits per heavy atom. The van der Waals surface area contributed by atoms with Crippen LogP contribution in [0.1, 0.15) is 22.6 Å². The first-order valence-corrected chi connectivity index (χ1v) is 7.18. The molecule has 0 saturated carbocycles. The monoisotopic (exact) mass is 279 g/mol. The van der Waals surface area contributed by atoms with Gasteiger partial charge in [0.15, 0.2) is 0 Å². The summed E-state index contributed by atoms with van der Waals surface area (Å²) in [6.45, 7) is 5.19. The van der Waals surface area contributed by atoms with Crippen molar-refractivity contribution in [1.29, 1.82) is 0 Å². The van der Waals surface area contributed by atoms with Gasteiger partial charge in [0.25, 0.3) is 0 Å². The van der Waals surface area contributed by atoms with E-state index in [-0.39, 0.29) is 6.04 Å². The van der Waals surface area contributed by atoms with E-state index in [2.05, 4.69) is 25.3 Å². The predicted molar refractivity (Wildman–Crippen MR) is 71.8 cm³/mol. The van der Waals surface area contributed by atoms with Crippen molar-refractivity contribution in [3.63, 3.8) is 0 Å². The van der Waals surface area contributed by atoms with Crippen molar-refractivity contribution >= 4 is 11.3 Å². The van der Waals surface area contributed by atoms with Crippen LogP contribution in [-0.2, 0) is 18.3 Å². The predicted octanol–water partition coefficient (Wildman–Crippen LogP) is 1.15. The quantitative estimate of drug-likeness (QED) is 0.843. The molecule has 1 aliphatic rings. The lowest BCUT2D eigenvalue weighted by Crippen LogP contribution is -2.40. The number of rotatable bonds is 3. The molecule has 1 aliphatic heterocycles. The molecule has 0 aromatic carbocycles. The van der Waals surface area contributed by atoms with Gasteiger partial charge in [-0.2, -0.15) is 5.10 Å². The molecule has 6 nitrogen and oxygen atoms in total. The van der Waals surface area contributed by atoms with Crippen molar-refractivity contribution in [2.24, 2.45) is 7.05 Å². The van der Waals surface area contributed by atoms with Crippen molar-refractivity contribution in [3.05, 3.63) is 28.2 Å². The Bertz CT molecular complexity index is 552. The van der Waals surface area contributed by atoms with Gasteiger partial charge in [-0.25, -0.2) is 9.97 Å². The van der Waals surface area contributed by atoms with Crippen LogP contribution >= 0.6 is 11.3 Å². The highest BCUT2D eigenvalue weighted by Gasteiger charge is 2.28. The molecule has 0 spiro atoms. The molecule has 0 bridgehead atoms. The van der Waals surface area contributed by atoms with Gasteiger partial charge in [0, 0.05) is 25.5 Å². The Balaban J connectivity index is 1.79. The number of hydrogen-bond donors (Lipinski definition) is 0. The molecule has 0 N–H and O–H groups in total. The largest absolute Gasteiger partial charge is 0.378 e. The van der Waals surface area contributed by atoms with E-state index in [1.165, 1.54) is 0 Å². The second kappa shape index (κ2) is 5.36. The Morgan fingerprint density at radius 3 is 3.11 bits per heavy atom. The summed E-state index contributed by atoms with van der Waals surface area (Å²) in [5.41, 5.74) is 1.12. The zero-order valence-electron chi connectivity index (χ0n) is 11.1. The molecule has 0 amide bonds. The first-order valence-electron chi connectivity index (χ1n) is 6.31. The standard InChI is InChI=1S/C12H17N5OS/c1-9-15-10(7-19-9)5-17-3-4-18-6-11(17)12-13-8-14-16(12)2/h7-8,11H,3-6H2,1-2H3. The molecule has 0 aliphatic carbocycles.